The monoisotopic (exact) mass is 364 g/mol. The standard InChI is InChI=1S/C17H18F2N4O3/c1-25-14-7-8-15(22-21-14)26-11-4-3-9-23(10-11)17(24)20-16-12(18)5-2-6-13(16)19/h2,5-8,11H,3-4,9-10H2,1H3,(H,20,24). The summed E-state index contributed by atoms with van der Waals surface area (Å²) in [6, 6.07) is 6.08. The number of methoxy groups -OCH3 is 1. The second kappa shape index (κ2) is 7.94. The number of nitrogens with one attached hydrogen (secondary N) is 1. The van der Waals surface area contributed by atoms with Gasteiger partial charge < -0.3 is 19.7 Å². The van der Waals surface area contributed by atoms with Gasteiger partial charge in [-0.1, -0.05) is 6.07 Å². The highest BCUT2D eigenvalue weighted by Gasteiger charge is 2.26. The molecule has 7 nitrogen and oxygen atoms in total. The highest BCUT2D eigenvalue weighted by atomic mass is 19.1. The first kappa shape index (κ1) is 17.8. The van der Waals surface area contributed by atoms with E-state index in [-0.39, 0.29) is 12.6 Å². The first-order chi connectivity index (χ1) is 12.6. The van der Waals surface area contributed by atoms with Gasteiger partial charge in [0.2, 0.25) is 11.8 Å². The molecule has 1 aromatic carbocycles. The number of halogens is 2. The SMILES string of the molecule is COc1ccc(OC2CCCN(C(=O)Nc3c(F)cccc3F)C2)nn1. The highest BCUT2D eigenvalue weighted by Crippen LogP contribution is 2.21. The third-order valence-corrected chi connectivity index (χ3v) is 3.97. The number of nitrogens with zero attached hydrogens (tertiary/aromatic N) is 3. The molecule has 3 rings (SSSR count). The Morgan fingerprint density at radius 3 is 2.54 bits per heavy atom. The Balaban J connectivity index is 1.61. The van der Waals surface area contributed by atoms with Crippen molar-refractivity contribution < 1.29 is 23.0 Å². The zero-order valence-electron chi connectivity index (χ0n) is 14.1. The van der Waals surface area contributed by atoms with Crippen molar-refractivity contribution in [1.82, 2.24) is 15.1 Å². The van der Waals surface area contributed by atoms with Crippen molar-refractivity contribution >= 4 is 11.7 Å². The summed E-state index contributed by atoms with van der Waals surface area (Å²) in [6.45, 7) is 0.742. The van der Waals surface area contributed by atoms with Crippen molar-refractivity contribution in [2.75, 3.05) is 25.5 Å². The van der Waals surface area contributed by atoms with Crippen LogP contribution in [0.5, 0.6) is 11.8 Å². The van der Waals surface area contributed by atoms with Crippen LogP contribution in [0.1, 0.15) is 12.8 Å². The molecule has 2 amide bonds. The molecule has 0 saturated carbocycles. The number of amides is 2. The first-order valence-corrected chi connectivity index (χ1v) is 8.11. The van der Waals surface area contributed by atoms with Gasteiger partial charge in [0.15, 0.2) is 0 Å². The number of aromatic nitrogens is 2. The summed E-state index contributed by atoms with van der Waals surface area (Å²) in [5.41, 5.74) is -0.457. The minimum absolute atomic E-state index is 0.273. The second-order valence-corrected chi connectivity index (χ2v) is 5.77. The van der Waals surface area contributed by atoms with Crippen LogP contribution in [-0.2, 0) is 0 Å². The van der Waals surface area contributed by atoms with E-state index in [1.807, 2.05) is 0 Å². The lowest BCUT2D eigenvalue weighted by Crippen LogP contribution is -2.46. The van der Waals surface area contributed by atoms with Gasteiger partial charge in [0.05, 0.1) is 13.7 Å². The van der Waals surface area contributed by atoms with Crippen molar-refractivity contribution in [3.63, 3.8) is 0 Å². The maximum atomic E-state index is 13.7. The molecule has 138 valence electrons. The number of benzene rings is 1. The predicted octanol–water partition coefficient (Wildman–Crippen LogP) is 2.84. The molecular weight excluding hydrogens is 346 g/mol. The molecule has 0 aliphatic carbocycles. The van der Waals surface area contributed by atoms with Crippen LogP contribution in [0.2, 0.25) is 0 Å². The van der Waals surface area contributed by atoms with Crippen LogP contribution in [0.4, 0.5) is 19.3 Å². The molecule has 0 bridgehead atoms. The largest absolute Gasteiger partial charge is 0.480 e. The van der Waals surface area contributed by atoms with Crippen LogP contribution in [0.3, 0.4) is 0 Å². The van der Waals surface area contributed by atoms with Gasteiger partial charge in [-0.3, -0.25) is 0 Å². The zero-order valence-corrected chi connectivity index (χ0v) is 14.1. The Labute approximate surface area is 148 Å². The number of hydrogen-bond donors (Lipinski definition) is 1. The van der Waals surface area contributed by atoms with Crippen LogP contribution in [0.15, 0.2) is 30.3 Å². The normalized spacial score (nSPS) is 16.9. The third-order valence-electron chi connectivity index (χ3n) is 3.97. The lowest BCUT2D eigenvalue weighted by atomic mass is 10.1. The van der Waals surface area contributed by atoms with E-state index >= 15 is 0 Å². The summed E-state index contributed by atoms with van der Waals surface area (Å²) >= 11 is 0. The van der Waals surface area contributed by atoms with Crippen LogP contribution < -0.4 is 14.8 Å². The number of hydrogen-bond acceptors (Lipinski definition) is 5. The number of urea groups is 1. The number of rotatable bonds is 4. The second-order valence-electron chi connectivity index (χ2n) is 5.77. The minimum Gasteiger partial charge on any atom is -0.480 e. The van der Waals surface area contributed by atoms with Crippen LogP contribution >= 0.6 is 0 Å². The summed E-state index contributed by atoms with van der Waals surface area (Å²) in [6.07, 6.45) is 1.13. The van der Waals surface area contributed by atoms with E-state index in [9.17, 15) is 13.6 Å². The van der Waals surface area contributed by atoms with Crippen molar-refractivity contribution in [2.45, 2.75) is 18.9 Å². The number of para-hydroxylation sites is 1. The maximum absolute atomic E-state index is 13.7. The van der Waals surface area contributed by atoms with E-state index in [0.717, 1.165) is 18.6 Å². The summed E-state index contributed by atoms with van der Waals surface area (Å²) in [5.74, 6) is -0.958. The Kier molecular flexibility index (Phi) is 5.45. The van der Waals surface area contributed by atoms with E-state index in [1.54, 1.807) is 12.1 Å². The molecule has 1 fully saturated rings. The summed E-state index contributed by atoms with van der Waals surface area (Å²) in [4.78, 5) is 13.8. The topological polar surface area (TPSA) is 76.6 Å². The van der Waals surface area contributed by atoms with Crippen LogP contribution in [0, 0.1) is 11.6 Å². The van der Waals surface area contributed by atoms with Crippen LogP contribution in [-0.4, -0.2) is 47.4 Å². The molecule has 1 aromatic heterocycles. The van der Waals surface area contributed by atoms with Gasteiger partial charge >= 0.3 is 6.03 Å². The van der Waals surface area contributed by atoms with Crippen molar-refractivity contribution in [3.8, 4) is 11.8 Å². The summed E-state index contributed by atoms with van der Waals surface area (Å²) in [7, 11) is 1.49. The number of anilines is 1. The molecule has 2 aromatic rings. The van der Waals surface area contributed by atoms with Crippen molar-refractivity contribution in [1.29, 1.82) is 0 Å². The number of carbonyl (C=O) groups excluding carboxylic acids is 1. The average molecular weight is 364 g/mol. The molecule has 1 aliphatic heterocycles. The number of carbonyl (C=O) groups is 1. The van der Waals surface area contributed by atoms with Gasteiger partial charge in [0.1, 0.15) is 23.4 Å². The van der Waals surface area contributed by atoms with E-state index in [1.165, 1.54) is 18.1 Å². The maximum Gasteiger partial charge on any atom is 0.322 e. The summed E-state index contributed by atoms with van der Waals surface area (Å²) < 4.78 is 38.0. The number of ether oxygens (including phenoxy) is 2. The first-order valence-electron chi connectivity index (χ1n) is 8.11. The molecule has 1 atom stereocenters. The Morgan fingerprint density at radius 2 is 1.88 bits per heavy atom. The molecule has 1 unspecified atom stereocenters. The molecule has 0 spiro atoms. The van der Waals surface area contributed by atoms with E-state index in [4.69, 9.17) is 9.47 Å². The Hall–Kier alpha value is -2.97. The molecular formula is C17H18F2N4O3. The predicted molar refractivity (Wildman–Crippen MR) is 89.2 cm³/mol. The molecule has 2 heterocycles. The lowest BCUT2D eigenvalue weighted by molar-refractivity contribution is 0.101. The fraction of sp³-hybridized carbons (Fsp3) is 0.353. The molecule has 1 saturated heterocycles. The van der Waals surface area contributed by atoms with Crippen molar-refractivity contribution in [2.24, 2.45) is 0 Å². The van der Waals surface area contributed by atoms with E-state index in [0.29, 0.717) is 24.7 Å². The van der Waals surface area contributed by atoms with Gasteiger partial charge in [0.25, 0.3) is 0 Å². The van der Waals surface area contributed by atoms with Gasteiger partial charge in [-0.05, 0) is 25.0 Å². The van der Waals surface area contributed by atoms with Crippen molar-refractivity contribution in [3.05, 3.63) is 42.0 Å². The quantitative estimate of drug-likeness (QED) is 0.903. The molecule has 0 radical (unpaired) electrons. The van der Waals surface area contributed by atoms with E-state index < -0.39 is 23.4 Å². The Bertz CT molecular complexity index is 753. The lowest BCUT2D eigenvalue weighted by Gasteiger charge is -2.32. The molecule has 1 N–H and O–H groups in total. The summed E-state index contributed by atoms with van der Waals surface area (Å²) in [5, 5.41) is 9.99. The number of piperidine rings is 1. The zero-order chi connectivity index (χ0) is 18.5. The minimum atomic E-state index is -0.823. The Morgan fingerprint density at radius 1 is 1.19 bits per heavy atom. The average Bonchev–Trinajstić information content (AvgIpc) is 2.65. The van der Waals surface area contributed by atoms with Gasteiger partial charge in [-0.2, -0.15) is 0 Å². The van der Waals surface area contributed by atoms with Gasteiger partial charge in [0, 0.05) is 18.7 Å². The molecule has 9 heteroatoms. The smallest absolute Gasteiger partial charge is 0.322 e. The van der Waals surface area contributed by atoms with Gasteiger partial charge in [-0.25, -0.2) is 13.6 Å². The molecule has 26 heavy (non-hydrogen) atoms. The van der Waals surface area contributed by atoms with E-state index in [2.05, 4.69) is 15.5 Å². The third kappa shape index (κ3) is 4.16. The highest BCUT2D eigenvalue weighted by molar-refractivity contribution is 5.89. The fourth-order valence-electron chi connectivity index (χ4n) is 2.67. The molecule has 1 aliphatic rings. The fourth-order valence-corrected chi connectivity index (χ4v) is 2.67. The number of likely N-dealkylation sites (tertiary alicyclic amines) is 1. The van der Waals surface area contributed by atoms with Gasteiger partial charge in [-0.15, -0.1) is 10.2 Å². The van der Waals surface area contributed by atoms with Crippen LogP contribution in [0.25, 0.3) is 0 Å².